The lowest BCUT2D eigenvalue weighted by Gasteiger charge is -1.92. The third-order valence-electron chi connectivity index (χ3n) is 1.49. The maximum absolute atomic E-state index is 5.15. The maximum Gasteiger partial charge on any atom is 0.197 e. The van der Waals surface area contributed by atoms with Gasteiger partial charge in [-0.05, 0) is 12.2 Å². The summed E-state index contributed by atoms with van der Waals surface area (Å²) in [5.74, 6) is 0. The van der Waals surface area contributed by atoms with Crippen molar-refractivity contribution in [1.82, 2.24) is 9.97 Å². The number of nitrogens with zero attached hydrogens (tertiary/aromatic N) is 1. The molecule has 52 valence electrons. The molecule has 1 aliphatic rings. The van der Waals surface area contributed by atoms with E-state index in [-0.39, 0.29) is 0 Å². The highest BCUT2D eigenvalue weighted by molar-refractivity contribution is 7.71. The van der Waals surface area contributed by atoms with Gasteiger partial charge < -0.3 is 9.72 Å². The summed E-state index contributed by atoms with van der Waals surface area (Å²) in [5, 5.41) is 0. The molecule has 4 heteroatoms. The molecule has 0 aliphatic carbocycles. The van der Waals surface area contributed by atoms with Crippen molar-refractivity contribution in [1.29, 1.82) is 0 Å². The van der Waals surface area contributed by atoms with Crippen LogP contribution in [0, 0.1) is 4.77 Å². The van der Waals surface area contributed by atoms with Crippen LogP contribution < -0.4 is 0 Å². The maximum atomic E-state index is 5.15. The molecule has 3 nitrogen and oxygen atoms in total. The zero-order valence-corrected chi connectivity index (χ0v) is 6.07. The summed E-state index contributed by atoms with van der Waals surface area (Å²) in [4.78, 5) is 6.90. The number of hydrogen-bond acceptors (Lipinski definition) is 3. The molecule has 0 radical (unpaired) electrons. The first-order valence-electron chi connectivity index (χ1n) is 3.01. The van der Waals surface area contributed by atoms with Crippen molar-refractivity contribution in [2.24, 2.45) is 0 Å². The van der Waals surface area contributed by atoms with Crippen LogP contribution in [0.25, 0.3) is 0 Å². The molecule has 0 saturated carbocycles. The van der Waals surface area contributed by atoms with Crippen molar-refractivity contribution < 1.29 is 4.74 Å². The third-order valence-corrected chi connectivity index (χ3v) is 1.69. The average molecular weight is 154 g/mol. The van der Waals surface area contributed by atoms with Crippen molar-refractivity contribution in [2.75, 3.05) is 0 Å². The van der Waals surface area contributed by atoms with Crippen LogP contribution >= 0.6 is 12.2 Å². The Hall–Kier alpha value is -0.740. The van der Waals surface area contributed by atoms with Gasteiger partial charge in [-0.2, -0.15) is 0 Å². The number of ether oxygens (including phenoxy) is 1. The highest BCUT2D eigenvalue weighted by Crippen LogP contribution is 2.14. The molecule has 0 atom stereocenters. The molecule has 1 N–H and O–H groups in total. The number of hydrogen-bond donors (Lipinski definition) is 1. The molecule has 10 heavy (non-hydrogen) atoms. The fourth-order valence-electron chi connectivity index (χ4n) is 0.972. The first kappa shape index (κ1) is 6.00. The van der Waals surface area contributed by atoms with Crippen LogP contribution in [0.1, 0.15) is 11.3 Å². The molecule has 0 bridgehead atoms. The van der Waals surface area contributed by atoms with E-state index in [1.54, 1.807) is 6.20 Å². The second-order valence-corrected chi connectivity index (χ2v) is 2.57. The second-order valence-electron chi connectivity index (χ2n) is 2.18. The van der Waals surface area contributed by atoms with Crippen molar-refractivity contribution in [3.05, 3.63) is 22.2 Å². The van der Waals surface area contributed by atoms with Crippen LogP contribution in [-0.2, 0) is 18.0 Å². The molecule has 2 heterocycles. The molecule has 0 spiro atoms. The summed E-state index contributed by atoms with van der Waals surface area (Å²) in [6, 6.07) is 0. The van der Waals surface area contributed by atoms with E-state index >= 15 is 0 Å². The Morgan fingerprint density at radius 2 is 2.50 bits per heavy atom. The van der Waals surface area contributed by atoms with Gasteiger partial charge in [0.05, 0.1) is 18.9 Å². The molecule has 1 aromatic rings. The van der Waals surface area contributed by atoms with Crippen molar-refractivity contribution in [2.45, 2.75) is 13.2 Å². The highest BCUT2D eigenvalue weighted by Gasteiger charge is 2.10. The van der Waals surface area contributed by atoms with E-state index in [1.807, 2.05) is 0 Å². The number of rotatable bonds is 0. The van der Waals surface area contributed by atoms with E-state index in [9.17, 15) is 0 Å². The van der Waals surface area contributed by atoms with E-state index in [4.69, 9.17) is 17.0 Å². The van der Waals surface area contributed by atoms with Gasteiger partial charge in [-0.3, -0.25) is 0 Å². The van der Waals surface area contributed by atoms with Gasteiger partial charge in [0.1, 0.15) is 0 Å². The number of aromatic amines is 1. The molecular formula is C6H6N2OS. The second kappa shape index (κ2) is 2.14. The van der Waals surface area contributed by atoms with E-state index < -0.39 is 0 Å². The highest BCUT2D eigenvalue weighted by atomic mass is 32.1. The summed E-state index contributed by atoms with van der Waals surface area (Å²) in [7, 11) is 0. The lowest BCUT2D eigenvalue weighted by Crippen LogP contribution is -1.89. The fraction of sp³-hybridized carbons (Fsp3) is 0.333. The van der Waals surface area contributed by atoms with E-state index in [0.717, 1.165) is 11.3 Å². The Morgan fingerprint density at radius 3 is 3.40 bits per heavy atom. The molecule has 0 fully saturated rings. The van der Waals surface area contributed by atoms with Crippen molar-refractivity contribution >= 4 is 12.2 Å². The Kier molecular flexibility index (Phi) is 1.28. The fourth-order valence-corrected chi connectivity index (χ4v) is 1.15. The van der Waals surface area contributed by atoms with E-state index in [0.29, 0.717) is 18.0 Å². The Balaban J connectivity index is 2.63. The minimum atomic E-state index is 0.532. The summed E-state index contributed by atoms with van der Waals surface area (Å²) in [6.07, 6.45) is 1.77. The number of H-pyrrole nitrogens is 1. The van der Waals surface area contributed by atoms with Gasteiger partial charge in [0, 0.05) is 11.8 Å². The largest absolute Gasteiger partial charge is 0.370 e. The predicted molar refractivity (Wildman–Crippen MR) is 37.9 cm³/mol. The molecule has 0 unspecified atom stereocenters. The molecule has 0 amide bonds. The molecule has 0 saturated heterocycles. The van der Waals surface area contributed by atoms with Gasteiger partial charge in [-0.1, -0.05) is 0 Å². The van der Waals surface area contributed by atoms with E-state index in [1.165, 1.54) is 0 Å². The van der Waals surface area contributed by atoms with Gasteiger partial charge in [0.15, 0.2) is 4.77 Å². The molecular weight excluding hydrogens is 148 g/mol. The summed E-state index contributed by atoms with van der Waals surface area (Å²) in [6.45, 7) is 1.30. The molecule has 1 aromatic heterocycles. The minimum Gasteiger partial charge on any atom is -0.370 e. The van der Waals surface area contributed by atoms with Crippen LogP contribution in [0.4, 0.5) is 0 Å². The van der Waals surface area contributed by atoms with Crippen molar-refractivity contribution in [3.8, 4) is 0 Å². The number of fused-ring (bicyclic) bond motifs is 1. The standard InChI is InChI=1S/C6H6N2OS/c10-6-7-1-4-2-9-3-5(4)8-6/h1H,2-3H2,(H,7,8,10). The Morgan fingerprint density at radius 1 is 1.60 bits per heavy atom. The van der Waals surface area contributed by atoms with Gasteiger partial charge >= 0.3 is 0 Å². The Bertz CT molecular complexity index is 307. The first-order valence-corrected chi connectivity index (χ1v) is 3.42. The number of nitrogens with one attached hydrogen (secondary N) is 1. The Labute approximate surface area is 63.1 Å². The van der Waals surface area contributed by atoms with Gasteiger partial charge in [-0.25, -0.2) is 4.98 Å². The summed E-state index contributed by atoms with van der Waals surface area (Å²) < 4.78 is 5.68. The van der Waals surface area contributed by atoms with Gasteiger partial charge in [0.2, 0.25) is 0 Å². The SMILES string of the molecule is S=c1ncc2c([nH]1)COC2. The van der Waals surface area contributed by atoms with Crippen molar-refractivity contribution in [3.63, 3.8) is 0 Å². The van der Waals surface area contributed by atoms with Crippen LogP contribution in [0.3, 0.4) is 0 Å². The summed E-state index contributed by atoms with van der Waals surface area (Å²) in [5.41, 5.74) is 2.19. The zero-order valence-electron chi connectivity index (χ0n) is 5.26. The zero-order chi connectivity index (χ0) is 6.97. The van der Waals surface area contributed by atoms with Crippen LogP contribution in [0.15, 0.2) is 6.20 Å². The predicted octanol–water partition coefficient (Wildman–Crippen LogP) is 1.17. The molecule has 2 rings (SSSR count). The molecule has 1 aliphatic heterocycles. The smallest absolute Gasteiger partial charge is 0.197 e. The normalized spacial score (nSPS) is 15.2. The van der Waals surface area contributed by atoms with Crippen LogP contribution in [0.2, 0.25) is 0 Å². The minimum absolute atomic E-state index is 0.532. The topological polar surface area (TPSA) is 37.9 Å². The van der Waals surface area contributed by atoms with Crippen LogP contribution in [-0.4, -0.2) is 9.97 Å². The average Bonchev–Trinajstić information content (AvgIpc) is 2.33. The third kappa shape index (κ3) is 0.853. The van der Waals surface area contributed by atoms with Gasteiger partial charge in [-0.15, -0.1) is 0 Å². The lowest BCUT2D eigenvalue weighted by atomic mass is 10.3. The molecule has 0 aromatic carbocycles. The lowest BCUT2D eigenvalue weighted by molar-refractivity contribution is 0.133. The summed E-state index contributed by atoms with van der Waals surface area (Å²) >= 11 is 4.83. The quantitative estimate of drug-likeness (QED) is 0.570. The number of aromatic nitrogens is 2. The monoisotopic (exact) mass is 154 g/mol. The van der Waals surface area contributed by atoms with Crippen LogP contribution in [0.5, 0.6) is 0 Å². The first-order chi connectivity index (χ1) is 4.86. The van der Waals surface area contributed by atoms with E-state index in [2.05, 4.69) is 9.97 Å². The van der Waals surface area contributed by atoms with Gasteiger partial charge in [0.25, 0.3) is 0 Å².